The van der Waals surface area contributed by atoms with Crippen LogP contribution in [0.2, 0.25) is 0 Å². The SMILES string of the molecule is CC(C)C(=O)CN(C)CC1CCCCO1. The molecule has 0 saturated carbocycles. The Balaban J connectivity index is 2.22. The Labute approximate surface area is 92.8 Å². The zero-order valence-electron chi connectivity index (χ0n) is 10.2. The van der Waals surface area contributed by atoms with E-state index in [1.54, 1.807) is 0 Å². The molecule has 0 spiro atoms. The largest absolute Gasteiger partial charge is 0.377 e. The van der Waals surface area contributed by atoms with Crippen molar-refractivity contribution in [2.24, 2.45) is 5.92 Å². The molecule has 1 heterocycles. The van der Waals surface area contributed by atoms with Crippen LogP contribution >= 0.6 is 0 Å². The molecule has 0 amide bonds. The van der Waals surface area contributed by atoms with Gasteiger partial charge in [0.15, 0.2) is 0 Å². The number of ketones is 1. The van der Waals surface area contributed by atoms with Gasteiger partial charge >= 0.3 is 0 Å². The van der Waals surface area contributed by atoms with E-state index < -0.39 is 0 Å². The zero-order valence-corrected chi connectivity index (χ0v) is 10.2. The number of ether oxygens (including phenoxy) is 1. The average molecular weight is 213 g/mol. The summed E-state index contributed by atoms with van der Waals surface area (Å²) < 4.78 is 5.64. The highest BCUT2D eigenvalue weighted by atomic mass is 16.5. The Morgan fingerprint density at radius 1 is 1.47 bits per heavy atom. The Bertz CT molecular complexity index is 198. The minimum absolute atomic E-state index is 0.139. The van der Waals surface area contributed by atoms with E-state index in [1.807, 2.05) is 20.9 Å². The number of likely N-dealkylation sites (N-methyl/N-ethyl adjacent to an activating group) is 1. The Kier molecular flexibility index (Phi) is 5.26. The maximum Gasteiger partial charge on any atom is 0.149 e. The minimum atomic E-state index is 0.139. The highest BCUT2D eigenvalue weighted by Gasteiger charge is 2.17. The summed E-state index contributed by atoms with van der Waals surface area (Å²) in [4.78, 5) is 13.6. The van der Waals surface area contributed by atoms with E-state index in [-0.39, 0.29) is 5.92 Å². The molecular formula is C12H23NO2. The first-order valence-corrected chi connectivity index (χ1v) is 5.92. The quantitative estimate of drug-likeness (QED) is 0.696. The second-order valence-corrected chi connectivity index (χ2v) is 4.81. The molecule has 1 saturated heterocycles. The fraction of sp³-hybridized carbons (Fsp3) is 0.917. The van der Waals surface area contributed by atoms with Gasteiger partial charge in [-0.2, -0.15) is 0 Å². The molecule has 1 atom stereocenters. The van der Waals surface area contributed by atoms with Gasteiger partial charge in [-0.3, -0.25) is 9.69 Å². The second-order valence-electron chi connectivity index (χ2n) is 4.81. The molecule has 1 aliphatic rings. The lowest BCUT2D eigenvalue weighted by atomic mass is 10.1. The van der Waals surface area contributed by atoms with Gasteiger partial charge in [-0.15, -0.1) is 0 Å². The smallest absolute Gasteiger partial charge is 0.149 e. The molecule has 1 aliphatic heterocycles. The molecule has 0 aromatic heterocycles. The van der Waals surface area contributed by atoms with Gasteiger partial charge in [-0.25, -0.2) is 0 Å². The third kappa shape index (κ3) is 4.76. The standard InChI is InChI=1S/C12H23NO2/c1-10(2)12(14)9-13(3)8-11-6-4-5-7-15-11/h10-11H,4-9H2,1-3H3. The van der Waals surface area contributed by atoms with E-state index in [0.29, 0.717) is 18.4 Å². The van der Waals surface area contributed by atoms with Gasteiger partial charge < -0.3 is 4.74 Å². The van der Waals surface area contributed by atoms with Crippen molar-refractivity contribution in [1.82, 2.24) is 4.90 Å². The van der Waals surface area contributed by atoms with Crippen molar-refractivity contribution in [3.63, 3.8) is 0 Å². The molecular weight excluding hydrogens is 190 g/mol. The highest BCUT2D eigenvalue weighted by Crippen LogP contribution is 2.13. The first kappa shape index (κ1) is 12.7. The van der Waals surface area contributed by atoms with E-state index >= 15 is 0 Å². The molecule has 3 nitrogen and oxygen atoms in total. The number of Topliss-reactive ketones (excluding diaryl/α,β-unsaturated/α-hetero) is 1. The van der Waals surface area contributed by atoms with Gasteiger partial charge in [0.2, 0.25) is 0 Å². The third-order valence-corrected chi connectivity index (χ3v) is 2.86. The molecule has 1 rings (SSSR count). The summed E-state index contributed by atoms with van der Waals surface area (Å²) in [5.41, 5.74) is 0. The number of carbonyl (C=O) groups excluding carboxylic acids is 1. The number of hydrogen-bond acceptors (Lipinski definition) is 3. The Hall–Kier alpha value is -0.410. The lowest BCUT2D eigenvalue weighted by Crippen LogP contribution is -2.37. The third-order valence-electron chi connectivity index (χ3n) is 2.86. The molecule has 1 unspecified atom stereocenters. The summed E-state index contributed by atoms with van der Waals surface area (Å²) in [5.74, 6) is 0.452. The molecule has 88 valence electrons. The summed E-state index contributed by atoms with van der Waals surface area (Å²) in [7, 11) is 2.00. The molecule has 0 aromatic rings. The topological polar surface area (TPSA) is 29.5 Å². The lowest BCUT2D eigenvalue weighted by Gasteiger charge is -2.27. The van der Waals surface area contributed by atoms with Crippen LogP contribution in [0.5, 0.6) is 0 Å². The van der Waals surface area contributed by atoms with Crippen molar-refractivity contribution in [2.75, 3.05) is 26.7 Å². The predicted octanol–water partition coefficient (Wildman–Crippen LogP) is 1.71. The van der Waals surface area contributed by atoms with E-state index in [4.69, 9.17) is 4.74 Å². The van der Waals surface area contributed by atoms with Crippen molar-refractivity contribution >= 4 is 5.78 Å². The first-order valence-electron chi connectivity index (χ1n) is 5.92. The molecule has 0 aromatic carbocycles. The summed E-state index contributed by atoms with van der Waals surface area (Å²) in [5, 5.41) is 0. The van der Waals surface area contributed by atoms with E-state index in [0.717, 1.165) is 19.6 Å². The van der Waals surface area contributed by atoms with Crippen LogP contribution in [0.4, 0.5) is 0 Å². The van der Waals surface area contributed by atoms with Gasteiger partial charge in [0.1, 0.15) is 5.78 Å². The van der Waals surface area contributed by atoms with Crippen LogP contribution in [0, 0.1) is 5.92 Å². The number of carbonyl (C=O) groups is 1. The van der Waals surface area contributed by atoms with Crippen molar-refractivity contribution in [2.45, 2.75) is 39.2 Å². The molecule has 0 N–H and O–H groups in total. The maximum absolute atomic E-state index is 11.5. The monoisotopic (exact) mass is 213 g/mol. The highest BCUT2D eigenvalue weighted by molar-refractivity contribution is 5.82. The van der Waals surface area contributed by atoms with Gasteiger partial charge in [0.05, 0.1) is 12.6 Å². The normalized spacial score (nSPS) is 22.3. The fourth-order valence-electron chi connectivity index (χ4n) is 1.81. The van der Waals surface area contributed by atoms with E-state index in [1.165, 1.54) is 12.8 Å². The molecule has 1 fully saturated rings. The van der Waals surface area contributed by atoms with Crippen molar-refractivity contribution in [3.05, 3.63) is 0 Å². The van der Waals surface area contributed by atoms with Gasteiger partial charge in [-0.05, 0) is 26.3 Å². The van der Waals surface area contributed by atoms with Crippen LogP contribution in [-0.2, 0) is 9.53 Å². The second kappa shape index (κ2) is 6.23. The van der Waals surface area contributed by atoms with E-state index in [9.17, 15) is 4.79 Å². The van der Waals surface area contributed by atoms with Crippen LogP contribution in [-0.4, -0.2) is 43.5 Å². The van der Waals surface area contributed by atoms with Crippen LogP contribution < -0.4 is 0 Å². The molecule has 0 radical (unpaired) electrons. The minimum Gasteiger partial charge on any atom is -0.377 e. The summed E-state index contributed by atoms with van der Waals surface area (Å²) in [6.07, 6.45) is 3.92. The van der Waals surface area contributed by atoms with Crippen molar-refractivity contribution in [3.8, 4) is 0 Å². The lowest BCUT2D eigenvalue weighted by molar-refractivity contribution is -0.123. The van der Waals surface area contributed by atoms with Gasteiger partial charge in [-0.1, -0.05) is 13.8 Å². The molecule has 3 heteroatoms. The van der Waals surface area contributed by atoms with E-state index in [2.05, 4.69) is 4.90 Å². The summed E-state index contributed by atoms with van der Waals surface area (Å²) in [6, 6.07) is 0. The van der Waals surface area contributed by atoms with Crippen LogP contribution in [0.1, 0.15) is 33.1 Å². The van der Waals surface area contributed by atoms with Crippen molar-refractivity contribution < 1.29 is 9.53 Å². The predicted molar refractivity (Wildman–Crippen MR) is 60.9 cm³/mol. The Morgan fingerprint density at radius 3 is 2.73 bits per heavy atom. The number of nitrogens with zero attached hydrogens (tertiary/aromatic N) is 1. The molecule has 0 aliphatic carbocycles. The average Bonchev–Trinajstić information content (AvgIpc) is 2.18. The maximum atomic E-state index is 11.5. The first-order chi connectivity index (χ1) is 7.09. The number of hydrogen-bond donors (Lipinski definition) is 0. The zero-order chi connectivity index (χ0) is 11.3. The number of rotatable bonds is 5. The van der Waals surface area contributed by atoms with Gasteiger partial charge in [0, 0.05) is 19.1 Å². The molecule has 0 bridgehead atoms. The van der Waals surface area contributed by atoms with Crippen molar-refractivity contribution in [1.29, 1.82) is 0 Å². The molecule has 15 heavy (non-hydrogen) atoms. The fourth-order valence-corrected chi connectivity index (χ4v) is 1.81. The van der Waals surface area contributed by atoms with Crippen LogP contribution in [0.25, 0.3) is 0 Å². The Morgan fingerprint density at radius 2 is 2.20 bits per heavy atom. The summed E-state index contributed by atoms with van der Waals surface area (Å²) in [6.45, 7) is 6.23. The van der Waals surface area contributed by atoms with Crippen LogP contribution in [0.3, 0.4) is 0 Å². The van der Waals surface area contributed by atoms with Gasteiger partial charge in [0.25, 0.3) is 0 Å². The van der Waals surface area contributed by atoms with Crippen LogP contribution in [0.15, 0.2) is 0 Å². The summed E-state index contributed by atoms with van der Waals surface area (Å²) >= 11 is 0.